The van der Waals surface area contributed by atoms with Crippen LogP contribution in [-0.2, 0) is 0 Å². The van der Waals surface area contributed by atoms with Crippen molar-refractivity contribution in [3.8, 4) is 33.4 Å². The Morgan fingerprint density at radius 1 is 0.400 bits per heavy atom. The maximum absolute atomic E-state index is 8.69. The van der Waals surface area contributed by atoms with Crippen molar-refractivity contribution in [3.63, 3.8) is 0 Å². The van der Waals surface area contributed by atoms with Gasteiger partial charge in [0.25, 0.3) is 0 Å². The Hall–Kier alpha value is -6.94. The van der Waals surface area contributed by atoms with Gasteiger partial charge in [0.15, 0.2) is 5.58 Å². The van der Waals surface area contributed by atoms with Gasteiger partial charge in [0.2, 0.25) is 0 Å². The zero-order chi connectivity index (χ0) is 40.6. The molecule has 0 saturated heterocycles. The van der Waals surface area contributed by atoms with Crippen LogP contribution in [0, 0.1) is 0 Å². The van der Waals surface area contributed by atoms with Gasteiger partial charge in [0, 0.05) is 47.9 Å². The van der Waals surface area contributed by atoms with E-state index >= 15 is 0 Å². The second kappa shape index (κ2) is 12.9. The summed E-state index contributed by atoms with van der Waals surface area (Å²) in [5.74, 6) is 0. The SMILES string of the molecule is [2H]c1c([2H])c([2H])c(-c2ccc(-c3ccc(N(c4ccc5c(c4)sc4ccccc45)c4cccc5c4oc4c(-c6ccccc6)cccc45)cc3)c3ccccc23)c([2H])c1[2H]. The second-order valence-electron chi connectivity index (χ2n) is 13.7. The Labute approximate surface area is 329 Å². The molecule has 55 heavy (non-hydrogen) atoms. The molecular formula is C52H33NOS. The highest BCUT2D eigenvalue weighted by molar-refractivity contribution is 7.25. The number of anilines is 3. The zero-order valence-corrected chi connectivity index (χ0v) is 30.2. The number of rotatable bonds is 6. The van der Waals surface area contributed by atoms with Crippen molar-refractivity contribution in [2.24, 2.45) is 0 Å². The van der Waals surface area contributed by atoms with Crippen molar-refractivity contribution >= 4 is 81.3 Å². The van der Waals surface area contributed by atoms with E-state index in [1.165, 1.54) is 20.2 Å². The number of para-hydroxylation sites is 2. The average molecular weight is 725 g/mol. The predicted octanol–water partition coefficient (Wildman–Crippen LogP) is 15.6. The molecule has 0 atom stereocenters. The molecule has 0 radical (unpaired) electrons. The largest absolute Gasteiger partial charge is 0.453 e. The van der Waals surface area contributed by atoms with E-state index in [1.807, 2.05) is 42.5 Å². The molecule has 0 spiro atoms. The first-order chi connectivity index (χ1) is 29.4. The van der Waals surface area contributed by atoms with Gasteiger partial charge in [0.05, 0.1) is 12.5 Å². The highest BCUT2D eigenvalue weighted by atomic mass is 32.1. The smallest absolute Gasteiger partial charge is 0.159 e. The van der Waals surface area contributed by atoms with E-state index in [4.69, 9.17) is 11.3 Å². The summed E-state index contributed by atoms with van der Waals surface area (Å²) >= 11 is 1.79. The van der Waals surface area contributed by atoms with Crippen LogP contribution in [0.4, 0.5) is 17.1 Å². The van der Waals surface area contributed by atoms with Gasteiger partial charge in [-0.2, -0.15) is 0 Å². The summed E-state index contributed by atoms with van der Waals surface area (Å²) in [4.78, 5) is 2.28. The summed E-state index contributed by atoms with van der Waals surface area (Å²) in [6.07, 6.45) is 0. The van der Waals surface area contributed by atoms with Crippen LogP contribution < -0.4 is 4.90 Å². The lowest BCUT2D eigenvalue weighted by molar-refractivity contribution is 0.670. The molecule has 0 aliphatic heterocycles. The molecule has 0 saturated carbocycles. The third kappa shape index (κ3) is 5.24. The van der Waals surface area contributed by atoms with Crippen LogP contribution >= 0.6 is 11.3 Å². The number of furan rings is 1. The maximum atomic E-state index is 8.69. The van der Waals surface area contributed by atoms with Crippen molar-refractivity contribution < 1.29 is 11.3 Å². The second-order valence-corrected chi connectivity index (χ2v) is 14.8. The van der Waals surface area contributed by atoms with Gasteiger partial charge in [-0.3, -0.25) is 0 Å². The Morgan fingerprint density at radius 3 is 1.78 bits per heavy atom. The van der Waals surface area contributed by atoms with E-state index in [0.29, 0.717) is 5.56 Å². The molecule has 0 fully saturated rings. The van der Waals surface area contributed by atoms with Crippen molar-refractivity contribution in [1.82, 2.24) is 0 Å². The molecule has 0 unspecified atom stereocenters. The first-order valence-electron chi connectivity index (χ1n) is 20.8. The Kier molecular flexibility index (Phi) is 6.27. The summed E-state index contributed by atoms with van der Waals surface area (Å²) in [5, 5.41) is 6.30. The van der Waals surface area contributed by atoms with E-state index in [0.717, 1.165) is 72.0 Å². The Morgan fingerprint density at radius 2 is 1.00 bits per heavy atom. The number of thiophene rings is 1. The van der Waals surface area contributed by atoms with E-state index in [1.54, 1.807) is 11.3 Å². The number of fused-ring (bicyclic) bond motifs is 7. The van der Waals surface area contributed by atoms with Gasteiger partial charge in [-0.25, -0.2) is 0 Å². The van der Waals surface area contributed by atoms with Gasteiger partial charge in [-0.05, 0) is 75.0 Å². The van der Waals surface area contributed by atoms with Crippen molar-refractivity contribution in [3.05, 3.63) is 200 Å². The number of hydrogen-bond acceptors (Lipinski definition) is 3. The highest BCUT2D eigenvalue weighted by Gasteiger charge is 2.22. The molecule has 0 aliphatic rings. The molecule has 2 aromatic heterocycles. The van der Waals surface area contributed by atoms with Gasteiger partial charge >= 0.3 is 0 Å². The van der Waals surface area contributed by atoms with E-state index in [2.05, 4.69) is 132 Å². The lowest BCUT2D eigenvalue weighted by Crippen LogP contribution is -2.10. The fourth-order valence-electron chi connectivity index (χ4n) is 8.05. The third-order valence-corrected chi connectivity index (χ3v) is 11.7. The van der Waals surface area contributed by atoms with Gasteiger partial charge in [-0.1, -0.05) is 164 Å². The van der Waals surface area contributed by atoms with Crippen LogP contribution in [0.25, 0.3) is 86.3 Å². The summed E-state index contributed by atoms with van der Waals surface area (Å²) < 4.78 is 51.5. The summed E-state index contributed by atoms with van der Waals surface area (Å²) in [6, 6.07) is 57.0. The fourth-order valence-corrected chi connectivity index (χ4v) is 9.19. The summed E-state index contributed by atoms with van der Waals surface area (Å²) in [7, 11) is 0. The van der Waals surface area contributed by atoms with E-state index < -0.39 is 6.04 Å². The normalized spacial score (nSPS) is 12.9. The number of benzene rings is 9. The van der Waals surface area contributed by atoms with Crippen LogP contribution in [0.3, 0.4) is 0 Å². The molecule has 9 aromatic carbocycles. The lowest BCUT2D eigenvalue weighted by atomic mass is 9.92. The molecule has 2 nitrogen and oxygen atoms in total. The monoisotopic (exact) mass is 724 g/mol. The molecule has 0 N–H and O–H groups in total. The minimum Gasteiger partial charge on any atom is -0.453 e. The van der Waals surface area contributed by atoms with E-state index in [-0.39, 0.29) is 29.7 Å². The zero-order valence-electron chi connectivity index (χ0n) is 34.4. The molecule has 2 heterocycles. The summed E-state index contributed by atoms with van der Waals surface area (Å²) in [5.41, 5.74) is 9.41. The topological polar surface area (TPSA) is 16.4 Å². The van der Waals surface area contributed by atoms with Gasteiger partial charge < -0.3 is 9.32 Å². The quantitative estimate of drug-likeness (QED) is 0.170. The Bertz CT molecular complexity index is 3470. The van der Waals surface area contributed by atoms with Crippen LogP contribution in [-0.4, -0.2) is 0 Å². The van der Waals surface area contributed by atoms with Crippen molar-refractivity contribution in [1.29, 1.82) is 0 Å². The van der Waals surface area contributed by atoms with Crippen molar-refractivity contribution in [2.75, 3.05) is 4.90 Å². The van der Waals surface area contributed by atoms with Crippen LogP contribution in [0.2, 0.25) is 0 Å². The molecule has 0 amide bonds. The minimum absolute atomic E-state index is 0.195. The number of hydrogen-bond donors (Lipinski definition) is 0. The van der Waals surface area contributed by atoms with Crippen LogP contribution in [0.5, 0.6) is 0 Å². The Balaban J connectivity index is 1.08. The first kappa shape index (κ1) is 26.8. The first-order valence-corrected chi connectivity index (χ1v) is 19.1. The minimum atomic E-state index is -0.402. The molecule has 11 aromatic rings. The molecule has 258 valence electrons. The third-order valence-electron chi connectivity index (χ3n) is 10.6. The lowest BCUT2D eigenvalue weighted by Gasteiger charge is -2.26. The maximum Gasteiger partial charge on any atom is 0.159 e. The van der Waals surface area contributed by atoms with Gasteiger partial charge in [-0.15, -0.1) is 11.3 Å². The standard InChI is InChI=1S/C52H33NOS/c1-3-13-34(14-4-1)39-31-32-40(43-18-8-7-17-42(39)43)36-25-27-37(28-26-36)53(38-29-30-45-44-19-9-10-24-49(44)55-50(45)33-38)48-23-12-22-47-46-21-11-20-41(51(46)54-52(47)48)35-15-5-2-6-16-35/h1-33H/i1D,3D,4D,13D,14D. The van der Waals surface area contributed by atoms with E-state index in [9.17, 15) is 0 Å². The van der Waals surface area contributed by atoms with Crippen LogP contribution in [0.15, 0.2) is 204 Å². The molecular weight excluding hydrogens is 687 g/mol. The highest BCUT2D eigenvalue weighted by Crippen LogP contribution is 2.46. The average Bonchev–Trinajstić information content (AvgIpc) is 3.87. The van der Waals surface area contributed by atoms with Crippen LogP contribution in [0.1, 0.15) is 6.85 Å². The molecule has 0 aliphatic carbocycles. The van der Waals surface area contributed by atoms with Gasteiger partial charge in [0.1, 0.15) is 5.58 Å². The molecule has 11 rings (SSSR count). The van der Waals surface area contributed by atoms with Crippen molar-refractivity contribution in [2.45, 2.75) is 0 Å². The predicted molar refractivity (Wildman–Crippen MR) is 235 cm³/mol. The molecule has 0 bridgehead atoms. The fraction of sp³-hybridized carbons (Fsp3) is 0. The molecule has 3 heteroatoms. The number of nitrogens with zero attached hydrogens (tertiary/aromatic N) is 1. The summed E-state index contributed by atoms with van der Waals surface area (Å²) in [6.45, 7) is 0.